The van der Waals surface area contributed by atoms with Crippen LogP contribution in [0, 0.1) is 19.8 Å². The van der Waals surface area contributed by atoms with E-state index in [-0.39, 0.29) is 47.9 Å². The molecule has 1 aliphatic heterocycles. The maximum Gasteiger partial charge on any atom is 0.342 e. The fourth-order valence-corrected chi connectivity index (χ4v) is 4.62. The van der Waals surface area contributed by atoms with Gasteiger partial charge in [0.05, 0.1) is 13.0 Å². The Labute approximate surface area is 134 Å². The second-order valence-corrected chi connectivity index (χ2v) is 7.30. The molecule has 0 saturated carbocycles. The first-order valence-corrected chi connectivity index (χ1v) is 8.55. The number of sulfonamides is 1. The van der Waals surface area contributed by atoms with Gasteiger partial charge in [-0.05, 0) is 26.7 Å². The second kappa shape index (κ2) is 6.32. The van der Waals surface area contributed by atoms with Crippen molar-refractivity contribution < 1.29 is 32.3 Å². The summed E-state index contributed by atoms with van der Waals surface area (Å²) < 4.78 is 36.8. The molecule has 1 aliphatic rings. The fourth-order valence-electron chi connectivity index (χ4n) is 2.78. The number of rotatable bonds is 4. The fraction of sp³-hybridized carbons (Fsp3) is 0.571. The van der Waals surface area contributed by atoms with Gasteiger partial charge in [0, 0.05) is 13.1 Å². The number of esters is 1. The van der Waals surface area contributed by atoms with Gasteiger partial charge < -0.3 is 14.3 Å². The van der Waals surface area contributed by atoms with Crippen molar-refractivity contribution in [1.29, 1.82) is 0 Å². The van der Waals surface area contributed by atoms with Gasteiger partial charge in [-0.1, -0.05) is 0 Å². The first kappa shape index (κ1) is 17.5. The lowest BCUT2D eigenvalue weighted by molar-refractivity contribution is -0.142. The summed E-state index contributed by atoms with van der Waals surface area (Å²) in [5, 5.41) is 9.00. The zero-order chi connectivity index (χ0) is 17.4. The van der Waals surface area contributed by atoms with E-state index in [9.17, 15) is 18.0 Å². The Morgan fingerprint density at radius 3 is 2.26 bits per heavy atom. The standard InChI is InChI=1S/C14H19NO7S/c1-8-11(14(18)21-3)12(9(2)22-8)23(19,20)15-6-4-10(5-7-15)13(16)17/h10H,4-7H2,1-3H3,(H,16,17). The summed E-state index contributed by atoms with van der Waals surface area (Å²) in [6, 6.07) is 0. The molecule has 0 unspecified atom stereocenters. The lowest BCUT2D eigenvalue weighted by atomic mass is 9.99. The first-order chi connectivity index (χ1) is 10.7. The number of methoxy groups -OCH3 is 1. The van der Waals surface area contributed by atoms with Crippen molar-refractivity contribution in [2.75, 3.05) is 20.2 Å². The van der Waals surface area contributed by atoms with Crippen molar-refractivity contribution in [2.45, 2.75) is 31.6 Å². The molecule has 1 fully saturated rings. The van der Waals surface area contributed by atoms with Crippen LogP contribution in [0.2, 0.25) is 0 Å². The number of aryl methyl sites for hydroxylation is 2. The number of carbonyl (C=O) groups is 2. The lowest BCUT2D eigenvalue weighted by Crippen LogP contribution is -2.40. The molecule has 2 rings (SSSR count). The van der Waals surface area contributed by atoms with Crippen molar-refractivity contribution in [2.24, 2.45) is 5.92 Å². The highest BCUT2D eigenvalue weighted by molar-refractivity contribution is 7.89. The molecule has 0 spiro atoms. The van der Waals surface area contributed by atoms with Crippen LogP contribution in [0.4, 0.5) is 0 Å². The summed E-state index contributed by atoms with van der Waals surface area (Å²) in [4.78, 5) is 22.7. The molecule has 9 heteroatoms. The van der Waals surface area contributed by atoms with Crippen molar-refractivity contribution in [3.8, 4) is 0 Å². The van der Waals surface area contributed by atoms with E-state index >= 15 is 0 Å². The maximum absolute atomic E-state index is 12.8. The van der Waals surface area contributed by atoms with Crippen LogP contribution < -0.4 is 0 Å². The topological polar surface area (TPSA) is 114 Å². The quantitative estimate of drug-likeness (QED) is 0.815. The average Bonchev–Trinajstić information content (AvgIpc) is 2.81. The minimum atomic E-state index is -3.96. The van der Waals surface area contributed by atoms with Crippen LogP contribution in [0.3, 0.4) is 0 Å². The van der Waals surface area contributed by atoms with Crippen molar-refractivity contribution in [3.05, 3.63) is 17.1 Å². The molecule has 1 aromatic rings. The molecule has 1 saturated heterocycles. The number of carboxylic acid groups (broad SMARTS) is 1. The monoisotopic (exact) mass is 345 g/mol. The molecule has 0 radical (unpaired) electrons. The first-order valence-electron chi connectivity index (χ1n) is 7.11. The number of carbonyl (C=O) groups excluding carboxylic acids is 1. The van der Waals surface area contributed by atoms with Crippen molar-refractivity contribution in [1.82, 2.24) is 4.31 Å². The molecular weight excluding hydrogens is 326 g/mol. The summed E-state index contributed by atoms with van der Waals surface area (Å²) in [7, 11) is -2.80. The zero-order valence-corrected chi connectivity index (χ0v) is 14.0. The molecule has 0 atom stereocenters. The van der Waals surface area contributed by atoms with Crippen LogP contribution in [-0.2, 0) is 19.6 Å². The van der Waals surface area contributed by atoms with Crippen molar-refractivity contribution >= 4 is 22.0 Å². The molecule has 1 N–H and O–H groups in total. The van der Waals surface area contributed by atoms with Gasteiger partial charge in [0.15, 0.2) is 0 Å². The van der Waals surface area contributed by atoms with Gasteiger partial charge in [0.2, 0.25) is 10.0 Å². The Kier molecular flexibility index (Phi) is 4.81. The molecule has 0 aromatic carbocycles. The van der Waals surface area contributed by atoms with E-state index in [0.29, 0.717) is 0 Å². The molecule has 23 heavy (non-hydrogen) atoms. The van der Waals surface area contributed by atoms with E-state index < -0.39 is 27.9 Å². The van der Waals surface area contributed by atoms with Crippen LogP contribution in [0.1, 0.15) is 34.7 Å². The van der Waals surface area contributed by atoms with Crippen LogP contribution in [-0.4, -0.2) is 50.0 Å². The minimum absolute atomic E-state index is 0.0869. The highest BCUT2D eigenvalue weighted by Gasteiger charge is 2.38. The van der Waals surface area contributed by atoms with E-state index in [4.69, 9.17) is 9.52 Å². The highest BCUT2D eigenvalue weighted by atomic mass is 32.2. The second-order valence-electron chi connectivity index (χ2n) is 5.43. The van der Waals surface area contributed by atoms with Crippen LogP contribution in [0.15, 0.2) is 9.31 Å². The van der Waals surface area contributed by atoms with Gasteiger partial charge in [-0.3, -0.25) is 4.79 Å². The summed E-state index contributed by atoms with van der Waals surface area (Å²) in [5.74, 6) is -1.96. The van der Waals surface area contributed by atoms with Crippen LogP contribution in [0.25, 0.3) is 0 Å². The predicted molar refractivity (Wildman–Crippen MR) is 78.6 cm³/mol. The number of ether oxygens (including phenoxy) is 1. The maximum atomic E-state index is 12.8. The molecule has 0 aliphatic carbocycles. The average molecular weight is 345 g/mol. The number of piperidine rings is 1. The molecule has 8 nitrogen and oxygen atoms in total. The normalized spacial score (nSPS) is 17.2. The van der Waals surface area contributed by atoms with E-state index in [1.54, 1.807) is 0 Å². The smallest absolute Gasteiger partial charge is 0.342 e. The lowest BCUT2D eigenvalue weighted by Gasteiger charge is -2.29. The molecule has 0 amide bonds. The largest absolute Gasteiger partial charge is 0.481 e. The van der Waals surface area contributed by atoms with E-state index in [0.717, 1.165) is 0 Å². The Morgan fingerprint density at radius 1 is 1.22 bits per heavy atom. The molecule has 0 bridgehead atoms. The third-order valence-electron chi connectivity index (χ3n) is 4.00. The number of furan rings is 1. The van der Waals surface area contributed by atoms with Gasteiger partial charge in [0.25, 0.3) is 0 Å². The number of hydrogen-bond donors (Lipinski definition) is 1. The third kappa shape index (κ3) is 3.11. The Morgan fingerprint density at radius 2 is 1.78 bits per heavy atom. The summed E-state index contributed by atoms with van der Waals surface area (Å²) in [6.45, 7) is 3.14. The summed E-state index contributed by atoms with van der Waals surface area (Å²) in [5.41, 5.74) is -0.106. The van der Waals surface area contributed by atoms with E-state index in [1.807, 2.05) is 0 Å². The minimum Gasteiger partial charge on any atom is -0.481 e. The van der Waals surface area contributed by atoms with Crippen LogP contribution >= 0.6 is 0 Å². The van der Waals surface area contributed by atoms with Crippen LogP contribution in [0.5, 0.6) is 0 Å². The SMILES string of the molecule is COC(=O)c1c(C)oc(C)c1S(=O)(=O)N1CCC(C(=O)O)CC1. The number of aliphatic carboxylic acids is 1. The molecule has 1 aromatic heterocycles. The zero-order valence-electron chi connectivity index (χ0n) is 13.2. The van der Waals surface area contributed by atoms with Gasteiger partial charge in [-0.2, -0.15) is 4.31 Å². The van der Waals surface area contributed by atoms with Gasteiger partial charge >= 0.3 is 11.9 Å². The summed E-state index contributed by atoms with van der Waals surface area (Å²) in [6.07, 6.45) is 0.468. The highest BCUT2D eigenvalue weighted by Crippen LogP contribution is 2.32. The number of hydrogen-bond acceptors (Lipinski definition) is 6. The summed E-state index contributed by atoms with van der Waals surface area (Å²) >= 11 is 0. The number of nitrogens with zero attached hydrogens (tertiary/aromatic N) is 1. The Bertz CT molecular complexity index is 727. The number of carboxylic acids is 1. The van der Waals surface area contributed by atoms with Crippen molar-refractivity contribution in [3.63, 3.8) is 0 Å². The Balaban J connectivity index is 2.38. The van der Waals surface area contributed by atoms with E-state index in [2.05, 4.69) is 4.74 Å². The van der Waals surface area contributed by atoms with Gasteiger partial charge in [0.1, 0.15) is 22.0 Å². The molecule has 128 valence electrons. The van der Waals surface area contributed by atoms with E-state index in [1.165, 1.54) is 25.3 Å². The molecule has 2 heterocycles. The predicted octanol–water partition coefficient (Wildman–Crippen LogP) is 1.17. The van der Waals surface area contributed by atoms with Gasteiger partial charge in [-0.25, -0.2) is 13.2 Å². The van der Waals surface area contributed by atoms with Gasteiger partial charge in [-0.15, -0.1) is 0 Å². The molecular formula is C14H19NO7S. The third-order valence-corrected chi connectivity index (χ3v) is 6.05. The Hall–Kier alpha value is -1.87.